The molecular weight excluding hydrogens is 460 g/mol. The molecule has 1 aliphatic rings. The van der Waals surface area contributed by atoms with Gasteiger partial charge in [0, 0.05) is 62.9 Å². The molecule has 10 heteroatoms. The van der Waals surface area contributed by atoms with E-state index in [1.54, 1.807) is 0 Å². The van der Waals surface area contributed by atoms with E-state index < -0.39 is 4.92 Å². The van der Waals surface area contributed by atoms with Crippen LogP contribution in [0.4, 0.5) is 5.69 Å². The fourth-order valence-corrected chi connectivity index (χ4v) is 4.50. The van der Waals surface area contributed by atoms with E-state index in [1.165, 1.54) is 24.3 Å². The zero-order chi connectivity index (χ0) is 25.7. The number of carbonyl (C=O) groups excluding carboxylic acids is 2. The number of hydrogen-bond donors (Lipinski definition) is 1. The molecular formula is C26H32N6O4. The molecule has 1 aromatic heterocycles. The van der Waals surface area contributed by atoms with Gasteiger partial charge >= 0.3 is 0 Å². The SMILES string of the molecule is CC(C)NC(=O)CN1CCN(Cc2nc3ccccc3n2CCC(=O)c2ccc([N+](=O)[O-])cc2)CC1. The lowest BCUT2D eigenvalue weighted by Gasteiger charge is -2.34. The van der Waals surface area contributed by atoms with Gasteiger partial charge in [-0.3, -0.25) is 29.5 Å². The van der Waals surface area contributed by atoms with Crippen molar-refractivity contribution in [3.8, 4) is 0 Å². The number of Topliss-reactive ketones (excluding diaryl/α,β-unsaturated/α-hetero) is 1. The predicted molar refractivity (Wildman–Crippen MR) is 137 cm³/mol. The highest BCUT2D eigenvalue weighted by molar-refractivity contribution is 5.96. The molecule has 0 saturated carbocycles. The van der Waals surface area contributed by atoms with Crippen molar-refractivity contribution in [2.75, 3.05) is 32.7 Å². The molecule has 0 unspecified atom stereocenters. The Morgan fingerprint density at radius 3 is 2.36 bits per heavy atom. The van der Waals surface area contributed by atoms with Gasteiger partial charge in [0.2, 0.25) is 5.91 Å². The molecule has 2 heterocycles. The number of rotatable bonds is 10. The second-order valence-corrected chi connectivity index (χ2v) is 9.42. The van der Waals surface area contributed by atoms with Gasteiger partial charge in [-0.15, -0.1) is 0 Å². The Morgan fingerprint density at radius 1 is 1.03 bits per heavy atom. The zero-order valence-electron chi connectivity index (χ0n) is 20.7. The van der Waals surface area contributed by atoms with Crippen LogP contribution in [-0.2, 0) is 17.9 Å². The zero-order valence-corrected chi connectivity index (χ0v) is 20.7. The number of nitrogens with zero attached hydrogens (tertiary/aromatic N) is 5. The number of nitro benzene ring substituents is 1. The molecule has 0 radical (unpaired) electrons. The van der Waals surface area contributed by atoms with Gasteiger partial charge in [-0.1, -0.05) is 12.1 Å². The van der Waals surface area contributed by atoms with Crippen molar-refractivity contribution in [2.24, 2.45) is 0 Å². The number of imidazole rings is 1. The molecule has 190 valence electrons. The summed E-state index contributed by atoms with van der Waals surface area (Å²) in [6.45, 7) is 8.75. The Hall–Kier alpha value is -3.63. The monoisotopic (exact) mass is 492 g/mol. The minimum atomic E-state index is -0.474. The molecule has 1 amide bonds. The summed E-state index contributed by atoms with van der Waals surface area (Å²) in [7, 11) is 0. The number of hydrogen-bond acceptors (Lipinski definition) is 7. The van der Waals surface area contributed by atoms with Crippen LogP contribution in [0, 0.1) is 10.1 Å². The molecule has 36 heavy (non-hydrogen) atoms. The van der Waals surface area contributed by atoms with Crippen LogP contribution in [0.3, 0.4) is 0 Å². The van der Waals surface area contributed by atoms with Crippen molar-refractivity contribution in [3.63, 3.8) is 0 Å². The number of para-hydroxylation sites is 2. The van der Waals surface area contributed by atoms with Gasteiger partial charge in [0.1, 0.15) is 5.82 Å². The highest BCUT2D eigenvalue weighted by Gasteiger charge is 2.22. The molecule has 0 bridgehead atoms. The normalized spacial score (nSPS) is 14.9. The first-order chi connectivity index (χ1) is 17.3. The molecule has 0 atom stereocenters. The van der Waals surface area contributed by atoms with Gasteiger partial charge in [-0.2, -0.15) is 0 Å². The van der Waals surface area contributed by atoms with Crippen LogP contribution >= 0.6 is 0 Å². The molecule has 1 aliphatic heterocycles. The van der Waals surface area contributed by atoms with Crippen molar-refractivity contribution in [3.05, 3.63) is 70.0 Å². The Bertz CT molecular complexity index is 1230. The summed E-state index contributed by atoms with van der Waals surface area (Å²) in [5, 5.41) is 13.8. The molecule has 10 nitrogen and oxygen atoms in total. The number of benzene rings is 2. The number of nitro groups is 1. The number of ketones is 1. The molecule has 1 saturated heterocycles. The van der Waals surface area contributed by atoms with E-state index in [0.29, 0.717) is 25.2 Å². The number of piperazine rings is 1. The average Bonchev–Trinajstić information content (AvgIpc) is 3.20. The smallest absolute Gasteiger partial charge is 0.269 e. The van der Waals surface area contributed by atoms with Gasteiger partial charge in [-0.25, -0.2) is 4.98 Å². The molecule has 3 aromatic rings. The molecule has 0 spiro atoms. The van der Waals surface area contributed by atoms with E-state index in [2.05, 4.69) is 19.7 Å². The van der Waals surface area contributed by atoms with Crippen LogP contribution in [0.1, 0.15) is 36.5 Å². The second kappa shape index (κ2) is 11.4. The maximum atomic E-state index is 12.8. The third-order valence-corrected chi connectivity index (χ3v) is 6.34. The molecule has 4 rings (SSSR count). The third kappa shape index (κ3) is 6.32. The third-order valence-electron chi connectivity index (χ3n) is 6.34. The Balaban J connectivity index is 1.40. The second-order valence-electron chi connectivity index (χ2n) is 9.42. The van der Waals surface area contributed by atoms with Crippen molar-refractivity contribution >= 4 is 28.4 Å². The summed E-state index contributed by atoms with van der Waals surface area (Å²) in [5.41, 5.74) is 2.30. The first kappa shape index (κ1) is 25.5. The fourth-order valence-electron chi connectivity index (χ4n) is 4.50. The number of amides is 1. The number of aryl methyl sites for hydroxylation is 1. The number of aromatic nitrogens is 2. The summed E-state index contributed by atoms with van der Waals surface area (Å²) in [6.07, 6.45) is 0.268. The maximum absolute atomic E-state index is 12.8. The first-order valence-electron chi connectivity index (χ1n) is 12.3. The van der Waals surface area contributed by atoms with Gasteiger partial charge in [-0.05, 0) is 38.1 Å². The molecule has 2 aromatic carbocycles. The van der Waals surface area contributed by atoms with Gasteiger partial charge in [0.25, 0.3) is 5.69 Å². The number of carbonyl (C=O) groups is 2. The summed E-state index contributed by atoms with van der Waals surface area (Å²) >= 11 is 0. The summed E-state index contributed by atoms with van der Waals surface area (Å²) in [4.78, 5) is 44.6. The van der Waals surface area contributed by atoms with E-state index in [-0.39, 0.29) is 29.8 Å². The highest BCUT2D eigenvalue weighted by Crippen LogP contribution is 2.20. The lowest BCUT2D eigenvalue weighted by atomic mass is 10.1. The number of nitrogens with one attached hydrogen (secondary N) is 1. The highest BCUT2D eigenvalue weighted by atomic mass is 16.6. The van der Waals surface area contributed by atoms with Crippen LogP contribution in [0.2, 0.25) is 0 Å². The summed E-state index contributed by atoms with van der Waals surface area (Å²) < 4.78 is 2.10. The van der Waals surface area contributed by atoms with Crippen molar-refractivity contribution in [1.29, 1.82) is 0 Å². The van der Waals surface area contributed by atoms with E-state index in [9.17, 15) is 19.7 Å². The van der Waals surface area contributed by atoms with Crippen molar-refractivity contribution in [2.45, 2.75) is 39.4 Å². The van der Waals surface area contributed by atoms with E-state index in [0.717, 1.165) is 43.0 Å². The van der Waals surface area contributed by atoms with Crippen LogP contribution in [0.25, 0.3) is 11.0 Å². The maximum Gasteiger partial charge on any atom is 0.269 e. The van der Waals surface area contributed by atoms with E-state index in [1.807, 2.05) is 38.1 Å². The quantitative estimate of drug-likeness (QED) is 0.263. The lowest BCUT2D eigenvalue weighted by Crippen LogP contribution is -2.49. The number of non-ortho nitro benzene ring substituents is 1. The lowest BCUT2D eigenvalue weighted by molar-refractivity contribution is -0.384. The van der Waals surface area contributed by atoms with Gasteiger partial charge in [0.05, 0.1) is 29.0 Å². The molecule has 0 aliphatic carbocycles. The van der Waals surface area contributed by atoms with Crippen LogP contribution in [0.15, 0.2) is 48.5 Å². The summed E-state index contributed by atoms with van der Waals surface area (Å²) in [5.74, 6) is 0.888. The standard InChI is InChI=1S/C26H32N6O4/c1-19(2)27-26(34)18-30-15-13-29(14-16-30)17-25-28-22-5-3-4-6-23(22)31(25)12-11-24(33)20-7-9-21(10-8-20)32(35)36/h3-10,19H,11-18H2,1-2H3,(H,27,34). The predicted octanol–water partition coefficient (Wildman–Crippen LogP) is 2.86. The van der Waals surface area contributed by atoms with E-state index in [4.69, 9.17) is 4.98 Å². The Kier molecular flexibility index (Phi) is 8.07. The van der Waals surface area contributed by atoms with Crippen LogP contribution < -0.4 is 5.32 Å². The largest absolute Gasteiger partial charge is 0.353 e. The van der Waals surface area contributed by atoms with Crippen LogP contribution in [-0.4, -0.2) is 74.7 Å². The Morgan fingerprint density at radius 2 is 1.69 bits per heavy atom. The Labute approximate surface area is 210 Å². The summed E-state index contributed by atoms with van der Waals surface area (Å²) in [6, 6.07) is 13.8. The number of fused-ring (bicyclic) bond motifs is 1. The van der Waals surface area contributed by atoms with Gasteiger partial charge in [0.15, 0.2) is 5.78 Å². The van der Waals surface area contributed by atoms with Crippen molar-refractivity contribution in [1.82, 2.24) is 24.7 Å². The van der Waals surface area contributed by atoms with E-state index >= 15 is 0 Å². The van der Waals surface area contributed by atoms with Crippen LogP contribution in [0.5, 0.6) is 0 Å². The molecule has 1 fully saturated rings. The van der Waals surface area contributed by atoms with Gasteiger partial charge < -0.3 is 9.88 Å². The van der Waals surface area contributed by atoms with Crippen molar-refractivity contribution < 1.29 is 14.5 Å². The fraction of sp³-hybridized carbons (Fsp3) is 0.423. The molecule has 1 N–H and O–H groups in total. The first-order valence-corrected chi connectivity index (χ1v) is 12.3. The topological polar surface area (TPSA) is 114 Å². The minimum Gasteiger partial charge on any atom is -0.353 e. The minimum absolute atomic E-state index is 0.0323. The average molecular weight is 493 g/mol.